The lowest BCUT2D eigenvalue weighted by molar-refractivity contribution is 0.102. The van der Waals surface area contributed by atoms with Gasteiger partial charge in [0.2, 0.25) is 0 Å². The summed E-state index contributed by atoms with van der Waals surface area (Å²) in [5, 5.41) is 8.71. The minimum Gasteiger partial charge on any atom is -0.487 e. The van der Waals surface area contributed by atoms with Crippen molar-refractivity contribution < 1.29 is 9.53 Å². The van der Waals surface area contributed by atoms with Crippen LogP contribution in [0.1, 0.15) is 21.5 Å². The number of hydrogen-bond donors (Lipinski definition) is 1. The Hall–Kier alpha value is -2.51. The van der Waals surface area contributed by atoms with Gasteiger partial charge in [0.15, 0.2) is 5.82 Å². The largest absolute Gasteiger partial charge is 0.487 e. The third kappa shape index (κ3) is 6.30. The van der Waals surface area contributed by atoms with Gasteiger partial charge in [0, 0.05) is 22.3 Å². The van der Waals surface area contributed by atoms with Crippen LogP contribution < -0.4 is 10.1 Å². The topological polar surface area (TPSA) is 56.2 Å². The van der Waals surface area contributed by atoms with Crippen molar-refractivity contribution in [2.75, 3.05) is 5.32 Å². The second kappa shape index (κ2) is 10.6. The number of aromatic nitrogens is 2. The number of ether oxygens (including phenoxy) is 1. The summed E-state index contributed by atoms with van der Waals surface area (Å²) in [6.45, 7) is 0.839. The first-order valence-corrected chi connectivity index (χ1v) is 11.8. The number of anilines is 1. The van der Waals surface area contributed by atoms with Crippen LogP contribution in [0, 0.1) is 0 Å². The van der Waals surface area contributed by atoms with Crippen molar-refractivity contribution in [3.05, 3.63) is 109 Å². The van der Waals surface area contributed by atoms with Crippen molar-refractivity contribution in [3.63, 3.8) is 0 Å². The Labute approximate surface area is 214 Å². The third-order valence-electron chi connectivity index (χ3n) is 4.72. The van der Waals surface area contributed by atoms with Gasteiger partial charge in [-0.2, -0.15) is 5.10 Å². The van der Waals surface area contributed by atoms with Crippen molar-refractivity contribution in [1.29, 1.82) is 0 Å². The molecule has 1 heterocycles. The van der Waals surface area contributed by atoms with Gasteiger partial charge in [-0.1, -0.05) is 68.9 Å². The Kier molecular flexibility index (Phi) is 7.60. The van der Waals surface area contributed by atoms with Crippen LogP contribution in [0.3, 0.4) is 0 Å². The number of carbonyl (C=O) groups excluding carboxylic acids is 1. The molecule has 0 fully saturated rings. The zero-order valence-corrected chi connectivity index (χ0v) is 20.9. The van der Waals surface area contributed by atoms with Gasteiger partial charge in [0.25, 0.3) is 5.91 Å². The van der Waals surface area contributed by atoms with E-state index in [-0.39, 0.29) is 5.91 Å². The van der Waals surface area contributed by atoms with Gasteiger partial charge in [-0.3, -0.25) is 9.48 Å². The summed E-state index contributed by atoms with van der Waals surface area (Å²) in [5.41, 5.74) is 2.38. The highest BCUT2D eigenvalue weighted by molar-refractivity contribution is 9.10. The van der Waals surface area contributed by atoms with E-state index in [9.17, 15) is 4.79 Å². The zero-order chi connectivity index (χ0) is 23.4. The Morgan fingerprint density at radius 1 is 0.909 bits per heavy atom. The molecule has 4 aromatic rings. The zero-order valence-electron chi connectivity index (χ0n) is 17.1. The van der Waals surface area contributed by atoms with E-state index in [0.29, 0.717) is 45.4 Å². The second-order valence-electron chi connectivity index (χ2n) is 7.16. The lowest BCUT2D eigenvalue weighted by Gasteiger charge is -2.09. The second-order valence-corrected chi connectivity index (χ2v) is 9.30. The fourth-order valence-electron chi connectivity index (χ4n) is 3.04. The predicted molar refractivity (Wildman–Crippen MR) is 136 cm³/mol. The van der Waals surface area contributed by atoms with Crippen LogP contribution in [0.4, 0.5) is 5.82 Å². The molecule has 0 radical (unpaired) electrons. The normalized spacial score (nSPS) is 10.8. The number of rotatable bonds is 7. The fraction of sp³-hybridized carbons (Fsp3) is 0.0833. The molecule has 0 aliphatic heterocycles. The van der Waals surface area contributed by atoms with Gasteiger partial charge < -0.3 is 10.1 Å². The van der Waals surface area contributed by atoms with E-state index in [0.717, 1.165) is 15.6 Å². The molecule has 3 aromatic carbocycles. The Balaban J connectivity index is 1.33. The molecule has 5 nitrogen and oxygen atoms in total. The molecule has 0 spiro atoms. The van der Waals surface area contributed by atoms with Gasteiger partial charge in [0.05, 0.1) is 21.6 Å². The highest BCUT2D eigenvalue weighted by Crippen LogP contribution is 2.28. The number of nitrogens with zero attached hydrogens (tertiary/aromatic N) is 2. The van der Waals surface area contributed by atoms with E-state index in [1.54, 1.807) is 53.3 Å². The maximum atomic E-state index is 12.6. The van der Waals surface area contributed by atoms with Gasteiger partial charge in [-0.15, -0.1) is 0 Å². The molecule has 1 aromatic heterocycles. The predicted octanol–water partition coefficient (Wildman–Crippen LogP) is 7.49. The van der Waals surface area contributed by atoms with E-state index in [4.69, 9.17) is 39.5 Å². The lowest BCUT2D eigenvalue weighted by Crippen LogP contribution is -2.13. The average molecular weight is 566 g/mol. The van der Waals surface area contributed by atoms with Crippen LogP contribution in [-0.2, 0) is 13.2 Å². The first-order valence-electron chi connectivity index (χ1n) is 9.83. The van der Waals surface area contributed by atoms with E-state index in [1.807, 2.05) is 24.3 Å². The maximum absolute atomic E-state index is 12.6. The highest BCUT2D eigenvalue weighted by atomic mass is 79.9. The Morgan fingerprint density at radius 3 is 2.39 bits per heavy atom. The molecule has 1 N–H and O–H groups in total. The van der Waals surface area contributed by atoms with Crippen LogP contribution in [0.15, 0.2) is 77.4 Å². The molecule has 33 heavy (non-hydrogen) atoms. The van der Waals surface area contributed by atoms with Crippen LogP contribution in [0.2, 0.25) is 15.1 Å². The first-order chi connectivity index (χ1) is 15.9. The number of halogens is 4. The molecular formula is C24H17BrCl3N3O2. The van der Waals surface area contributed by atoms with E-state index in [1.165, 1.54) is 0 Å². The highest BCUT2D eigenvalue weighted by Gasteiger charge is 2.10. The molecule has 1 amide bonds. The molecule has 0 aliphatic rings. The number of amides is 1. The Bertz CT molecular complexity index is 1290. The molecule has 0 unspecified atom stereocenters. The number of carbonyl (C=O) groups is 1. The standard InChI is InChI=1S/C24H17BrCl3N3O2/c25-18-6-8-22(21(28)12-18)33-14-15-1-4-17(5-2-15)24(32)29-23-9-10-31(30-23)13-16-3-7-19(26)20(27)11-16/h1-12H,13-14H2,(H,29,30,32). The molecule has 0 aliphatic carbocycles. The van der Waals surface area contributed by atoms with E-state index >= 15 is 0 Å². The summed E-state index contributed by atoms with van der Waals surface area (Å²) in [5.74, 6) is 0.800. The van der Waals surface area contributed by atoms with Crippen molar-refractivity contribution >= 4 is 62.5 Å². The Morgan fingerprint density at radius 2 is 1.67 bits per heavy atom. The minimum absolute atomic E-state index is 0.252. The molecule has 0 bridgehead atoms. The number of nitrogens with one attached hydrogen (secondary N) is 1. The molecule has 0 saturated heterocycles. The first kappa shape index (κ1) is 23.6. The van der Waals surface area contributed by atoms with Gasteiger partial charge >= 0.3 is 0 Å². The van der Waals surface area contributed by atoms with Crippen molar-refractivity contribution in [2.45, 2.75) is 13.2 Å². The molecule has 9 heteroatoms. The summed E-state index contributed by atoms with van der Waals surface area (Å²) in [6.07, 6.45) is 1.78. The SMILES string of the molecule is O=C(Nc1ccn(Cc2ccc(Cl)c(Cl)c2)n1)c1ccc(COc2ccc(Br)cc2Cl)cc1. The lowest BCUT2D eigenvalue weighted by atomic mass is 10.1. The van der Waals surface area contributed by atoms with E-state index in [2.05, 4.69) is 26.3 Å². The third-order valence-corrected chi connectivity index (χ3v) is 6.24. The van der Waals surface area contributed by atoms with Gasteiger partial charge in [-0.05, 0) is 53.6 Å². The maximum Gasteiger partial charge on any atom is 0.256 e. The summed E-state index contributed by atoms with van der Waals surface area (Å²) in [6, 6.07) is 19.7. The minimum atomic E-state index is -0.252. The summed E-state index contributed by atoms with van der Waals surface area (Å²) in [4.78, 5) is 12.6. The smallest absolute Gasteiger partial charge is 0.256 e. The average Bonchev–Trinajstić information content (AvgIpc) is 3.22. The number of benzene rings is 3. The summed E-state index contributed by atoms with van der Waals surface area (Å²) in [7, 11) is 0. The van der Waals surface area contributed by atoms with Crippen molar-refractivity contribution in [2.24, 2.45) is 0 Å². The fourth-order valence-corrected chi connectivity index (χ4v) is 4.08. The van der Waals surface area contributed by atoms with Crippen LogP contribution in [0.25, 0.3) is 0 Å². The molecular weight excluding hydrogens is 549 g/mol. The summed E-state index contributed by atoms with van der Waals surface area (Å²) >= 11 is 21.6. The molecule has 0 atom stereocenters. The van der Waals surface area contributed by atoms with Gasteiger partial charge in [0.1, 0.15) is 12.4 Å². The molecule has 0 saturated carbocycles. The number of hydrogen-bond acceptors (Lipinski definition) is 3. The summed E-state index contributed by atoms with van der Waals surface area (Å²) < 4.78 is 8.35. The molecule has 168 valence electrons. The van der Waals surface area contributed by atoms with Crippen LogP contribution in [0.5, 0.6) is 5.75 Å². The molecule has 4 rings (SSSR count). The van der Waals surface area contributed by atoms with Crippen LogP contribution in [-0.4, -0.2) is 15.7 Å². The van der Waals surface area contributed by atoms with E-state index < -0.39 is 0 Å². The van der Waals surface area contributed by atoms with Crippen molar-refractivity contribution in [1.82, 2.24) is 9.78 Å². The quantitative estimate of drug-likeness (QED) is 0.253. The monoisotopic (exact) mass is 563 g/mol. The van der Waals surface area contributed by atoms with Gasteiger partial charge in [-0.25, -0.2) is 0 Å². The van der Waals surface area contributed by atoms with Crippen molar-refractivity contribution in [3.8, 4) is 5.75 Å². The van der Waals surface area contributed by atoms with Crippen LogP contribution >= 0.6 is 50.7 Å².